The maximum absolute atomic E-state index is 13.1. The van der Waals surface area contributed by atoms with E-state index in [4.69, 9.17) is 33.2 Å². The van der Waals surface area contributed by atoms with Gasteiger partial charge in [-0.1, -0.05) is 53.5 Å². The fourth-order valence-corrected chi connectivity index (χ4v) is 3.93. The summed E-state index contributed by atoms with van der Waals surface area (Å²) in [5, 5.41) is 0.811. The van der Waals surface area contributed by atoms with Gasteiger partial charge in [0.05, 0.1) is 22.3 Å². The molecule has 0 aliphatic carbocycles. The summed E-state index contributed by atoms with van der Waals surface area (Å²) in [4.78, 5) is 26.9. The lowest BCUT2D eigenvalue weighted by Gasteiger charge is -2.33. The van der Waals surface area contributed by atoms with Crippen LogP contribution in [0.25, 0.3) is 11.4 Å². The van der Waals surface area contributed by atoms with Gasteiger partial charge in [-0.2, -0.15) is 0 Å². The van der Waals surface area contributed by atoms with E-state index in [1.165, 1.54) is 0 Å². The average molecular weight is 455 g/mol. The normalized spacial score (nSPS) is 13.3. The SMILES string of the molecule is CC(C)N(C)c1nc(-c2ccccc2)nc2c1CN(C(=O)c1ccc(Cl)c(Cl)c1)CC2. The van der Waals surface area contributed by atoms with Gasteiger partial charge in [0.1, 0.15) is 5.82 Å². The molecule has 4 rings (SSSR count). The average Bonchev–Trinajstić information content (AvgIpc) is 2.79. The Hall–Kier alpha value is -2.63. The van der Waals surface area contributed by atoms with Crippen LogP contribution in [0.2, 0.25) is 10.0 Å². The van der Waals surface area contributed by atoms with Crippen molar-refractivity contribution >= 4 is 34.9 Å². The van der Waals surface area contributed by atoms with Crippen molar-refractivity contribution in [2.45, 2.75) is 32.9 Å². The number of fused-ring (bicyclic) bond motifs is 1. The van der Waals surface area contributed by atoms with Gasteiger partial charge in [-0.15, -0.1) is 0 Å². The van der Waals surface area contributed by atoms with Gasteiger partial charge < -0.3 is 9.80 Å². The molecule has 1 amide bonds. The third-order valence-corrected chi connectivity index (χ3v) is 6.37. The molecule has 3 aromatic rings. The van der Waals surface area contributed by atoms with Gasteiger partial charge in [0.2, 0.25) is 0 Å². The van der Waals surface area contributed by atoms with Crippen molar-refractivity contribution in [3.63, 3.8) is 0 Å². The third kappa shape index (κ3) is 4.39. The molecule has 5 nitrogen and oxygen atoms in total. The van der Waals surface area contributed by atoms with Crippen molar-refractivity contribution in [1.82, 2.24) is 14.9 Å². The van der Waals surface area contributed by atoms with Crippen LogP contribution in [-0.4, -0.2) is 40.4 Å². The summed E-state index contributed by atoms with van der Waals surface area (Å²) < 4.78 is 0. The molecule has 0 saturated carbocycles. The van der Waals surface area contributed by atoms with Gasteiger partial charge in [0.25, 0.3) is 5.91 Å². The predicted molar refractivity (Wildman–Crippen MR) is 126 cm³/mol. The Morgan fingerprint density at radius 1 is 1.06 bits per heavy atom. The molecule has 0 saturated heterocycles. The number of rotatable bonds is 4. The molecule has 0 radical (unpaired) electrons. The molecule has 1 aromatic heterocycles. The number of aromatic nitrogens is 2. The Morgan fingerprint density at radius 2 is 1.81 bits per heavy atom. The van der Waals surface area contributed by atoms with Crippen molar-refractivity contribution in [2.75, 3.05) is 18.5 Å². The second kappa shape index (κ2) is 8.85. The van der Waals surface area contributed by atoms with Crippen molar-refractivity contribution in [3.8, 4) is 11.4 Å². The van der Waals surface area contributed by atoms with Crippen LogP contribution in [0.3, 0.4) is 0 Å². The van der Waals surface area contributed by atoms with E-state index in [9.17, 15) is 4.79 Å². The van der Waals surface area contributed by atoms with Crippen LogP contribution in [0.4, 0.5) is 5.82 Å². The van der Waals surface area contributed by atoms with Gasteiger partial charge >= 0.3 is 0 Å². The molecule has 31 heavy (non-hydrogen) atoms. The molecule has 0 fully saturated rings. The largest absolute Gasteiger partial charge is 0.357 e. The van der Waals surface area contributed by atoms with E-state index in [0.717, 1.165) is 22.6 Å². The summed E-state index contributed by atoms with van der Waals surface area (Å²) in [6, 6.07) is 15.2. The molecule has 2 aromatic carbocycles. The number of carbonyl (C=O) groups excluding carboxylic acids is 1. The van der Waals surface area contributed by atoms with Crippen LogP contribution in [0, 0.1) is 0 Å². The van der Waals surface area contributed by atoms with Crippen LogP contribution in [0.5, 0.6) is 0 Å². The highest BCUT2D eigenvalue weighted by Crippen LogP contribution is 2.31. The zero-order valence-corrected chi connectivity index (χ0v) is 19.3. The van der Waals surface area contributed by atoms with E-state index in [1.807, 2.05) is 42.3 Å². The highest BCUT2D eigenvalue weighted by atomic mass is 35.5. The summed E-state index contributed by atoms with van der Waals surface area (Å²) in [6.07, 6.45) is 0.670. The number of nitrogens with zero attached hydrogens (tertiary/aromatic N) is 4. The zero-order chi connectivity index (χ0) is 22.1. The maximum atomic E-state index is 13.1. The smallest absolute Gasteiger partial charge is 0.254 e. The Labute approximate surface area is 192 Å². The minimum absolute atomic E-state index is 0.0745. The molecule has 0 unspecified atom stereocenters. The van der Waals surface area contributed by atoms with Gasteiger partial charge in [0, 0.05) is 42.7 Å². The Bertz CT molecular complexity index is 1120. The van der Waals surface area contributed by atoms with Crippen molar-refractivity contribution in [3.05, 3.63) is 75.4 Å². The summed E-state index contributed by atoms with van der Waals surface area (Å²) in [5.41, 5.74) is 3.50. The number of anilines is 1. The van der Waals surface area contributed by atoms with Crippen LogP contribution in [0.1, 0.15) is 35.5 Å². The fraction of sp³-hybridized carbons (Fsp3) is 0.292. The predicted octanol–water partition coefficient (Wildman–Crippen LogP) is 5.49. The number of halogens is 2. The van der Waals surface area contributed by atoms with Gasteiger partial charge in [-0.05, 0) is 32.0 Å². The lowest BCUT2D eigenvalue weighted by atomic mass is 10.0. The maximum Gasteiger partial charge on any atom is 0.254 e. The van der Waals surface area contributed by atoms with E-state index in [1.54, 1.807) is 18.2 Å². The first kappa shape index (κ1) is 21.6. The minimum atomic E-state index is -0.0745. The summed E-state index contributed by atoms with van der Waals surface area (Å²) in [6.45, 7) is 5.29. The quantitative estimate of drug-likeness (QED) is 0.522. The number of benzene rings is 2. The molecule has 1 aliphatic rings. The first-order valence-electron chi connectivity index (χ1n) is 10.3. The number of amides is 1. The molecule has 0 bridgehead atoms. The van der Waals surface area contributed by atoms with Crippen molar-refractivity contribution in [2.24, 2.45) is 0 Å². The zero-order valence-electron chi connectivity index (χ0n) is 17.8. The summed E-state index contributed by atoms with van der Waals surface area (Å²) in [7, 11) is 2.03. The lowest BCUT2D eigenvalue weighted by Crippen LogP contribution is -2.38. The number of hydrogen-bond acceptors (Lipinski definition) is 4. The van der Waals surface area contributed by atoms with Crippen LogP contribution < -0.4 is 4.90 Å². The Balaban J connectivity index is 1.72. The lowest BCUT2D eigenvalue weighted by molar-refractivity contribution is 0.0733. The number of hydrogen-bond donors (Lipinski definition) is 0. The fourth-order valence-electron chi connectivity index (χ4n) is 3.63. The molecule has 2 heterocycles. The second-order valence-corrected chi connectivity index (χ2v) is 8.79. The van der Waals surface area contributed by atoms with Crippen LogP contribution in [-0.2, 0) is 13.0 Å². The highest BCUT2D eigenvalue weighted by molar-refractivity contribution is 6.42. The van der Waals surface area contributed by atoms with E-state index in [-0.39, 0.29) is 11.9 Å². The molecule has 0 spiro atoms. The molecule has 0 atom stereocenters. The van der Waals surface area contributed by atoms with E-state index in [2.05, 4.69) is 18.7 Å². The van der Waals surface area contributed by atoms with Gasteiger partial charge in [-0.25, -0.2) is 9.97 Å². The molecule has 1 aliphatic heterocycles. The Morgan fingerprint density at radius 3 is 2.48 bits per heavy atom. The first-order chi connectivity index (χ1) is 14.8. The molecule has 0 N–H and O–H groups in total. The standard InChI is InChI=1S/C24H24Cl2N4O/c1-15(2)29(3)23-18-14-30(24(31)17-9-10-19(25)20(26)13-17)12-11-21(18)27-22(28-23)16-7-5-4-6-8-16/h4-10,13,15H,11-12,14H2,1-3H3. The van der Waals surface area contributed by atoms with Gasteiger partial charge in [0.15, 0.2) is 5.82 Å². The molecule has 7 heteroatoms. The topological polar surface area (TPSA) is 49.3 Å². The van der Waals surface area contributed by atoms with Crippen molar-refractivity contribution < 1.29 is 4.79 Å². The monoisotopic (exact) mass is 454 g/mol. The Kier molecular flexibility index (Phi) is 6.17. The van der Waals surface area contributed by atoms with E-state index in [0.29, 0.717) is 40.9 Å². The molecular formula is C24H24Cl2N4O. The van der Waals surface area contributed by atoms with Gasteiger partial charge in [-0.3, -0.25) is 4.79 Å². The molecular weight excluding hydrogens is 431 g/mol. The van der Waals surface area contributed by atoms with Crippen molar-refractivity contribution in [1.29, 1.82) is 0 Å². The van der Waals surface area contributed by atoms with Crippen LogP contribution >= 0.6 is 23.2 Å². The third-order valence-electron chi connectivity index (χ3n) is 5.63. The number of carbonyl (C=O) groups is 1. The minimum Gasteiger partial charge on any atom is -0.357 e. The summed E-state index contributed by atoms with van der Waals surface area (Å²) in [5.74, 6) is 1.51. The molecule has 160 valence electrons. The highest BCUT2D eigenvalue weighted by Gasteiger charge is 2.28. The van der Waals surface area contributed by atoms with E-state index >= 15 is 0 Å². The van der Waals surface area contributed by atoms with Crippen LogP contribution in [0.15, 0.2) is 48.5 Å². The van der Waals surface area contributed by atoms with E-state index < -0.39 is 0 Å². The second-order valence-electron chi connectivity index (χ2n) is 7.97. The first-order valence-corrected chi connectivity index (χ1v) is 11.0. The summed E-state index contributed by atoms with van der Waals surface area (Å²) >= 11 is 12.1.